The van der Waals surface area contributed by atoms with Gasteiger partial charge in [0.1, 0.15) is 0 Å². The van der Waals surface area contributed by atoms with Crippen LogP contribution in [0.15, 0.2) is 29.2 Å². The zero-order chi connectivity index (χ0) is 12.4. The van der Waals surface area contributed by atoms with E-state index in [1.165, 1.54) is 38.1 Å². The topological polar surface area (TPSA) is 92.4 Å². The fraction of sp³-hybridized carbons (Fsp3) is 0.400. The summed E-state index contributed by atoms with van der Waals surface area (Å²) in [6, 6.07) is 5.86. The Morgan fingerprint density at radius 3 is 2.25 bits per heavy atom. The highest BCUT2D eigenvalue weighted by Gasteiger charge is 2.19. The maximum absolute atomic E-state index is 11.7. The molecule has 0 atom stereocenters. The van der Waals surface area contributed by atoms with Gasteiger partial charge in [-0.05, 0) is 38.1 Å². The molecule has 0 amide bonds. The first-order chi connectivity index (χ1) is 7.21. The number of aliphatic hydroxyl groups is 1. The number of benzene rings is 1. The van der Waals surface area contributed by atoms with Gasteiger partial charge in [-0.1, -0.05) is 0 Å². The third-order valence-electron chi connectivity index (χ3n) is 1.89. The van der Waals surface area contributed by atoms with E-state index in [-0.39, 0.29) is 11.4 Å². The number of nitrogens with one attached hydrogen (secondary N) is 1. The van der Waals surface area contributed by atoms with Gasteiger partial charge < -0.3 is 10.8 Å². The summed E-state index contributed by atoms with van der Waals surface area (Å²) in [4.78, 5) is 0.131. The van der Waals surface area contributed by atoms with Crippen LogP contribution in [0.5, 0.6) is 0 Å². The summed E-state index contributed by atoms with van der Waals surface area (Å²) in [5.74, 6) is 0. The van der Waals surface area contributed by atoms with E-state index in [0.29, 0.717) is 5.69 Å². The van der Waals surface area contributed by atoms with Crippen molar-refractivity contribution in [3.8, 4) is 0 Å². The number of hydrogen-bond donors (Lipinski definition) is 3. The molecule has 0 aliphatic carbocycles. The predicted octanol–water partition coefficient (Wildman–Crippen LogP) is 0.318. The van der Waals surface area contributed by atoms with Crippen LogP contribution in [-0.4, -0.2) is 25.7 Å². The molecule has 0 aliphatic heterocycles. The van der Waals surface area contributed by atoms with E-state index in [0.717, 1.165) is 0 Å². The highest BCUT2D eigenvalue weighted by atomic mass is 32.2. The third-order valence-corrected chi connectivity index (χ3v) is 3.30. The molecule has 1 aromatic rings. The summed E-state index contributed by atoms with van der Waals surface area (Å²) in [6.07, 6.45) is 0. The van der Waals surface area contributed by atoms with Crippen molar-refractivity contribution in [2.75, 3.05) is 12.3 Å². The van der Waals surface area contributed by atoms with Crippen LogP contribution in [0.1, 0.15) is 13.8 Å². The number of rotatable bonds is 4. The number of nitrogens with two attached hydrogens (primary N) is 1. The molecule has 0 aromatic heterocycles. The zero-order valence-electron chi connectivity index (χ0n) is 9.27. The van der Waals surface area contributed by atoms with Crippen LogP contribution in [0.3, 0.4) is 0 Å². The Balaban J connectivity index is 2.83. The monoisotopic (exact) mass is 244 g/mol. The smallest absolute Gasteiger partial charge is 0.240 e. The maximum Gasteiger partial charge on any atom is 0.240 e. The van der Waals surface area contributed by atoms with Gasteiger partial charge in [0.05, 0.1) is 10.5 Å². The average molecular weight is 244 g/mol. The number of sulfonamides is 1. The van der Waals surface area contributed by atoms with Gasteiger partial charge in [-0.25, -0.2) is 13.1 Å². The molecule has 0 saturated carbocycles. The highest BCUT2D eigenvalue weighted by Crippen LogP contribution is 2.12. The summed E-state index contributed by atoms with van der Waals surface area (Å²) in [6.45, 7) is 3.01. The largest absolute Gasteiger partial charge is 0.399 e. The molecule has 1 rings (SSSR count). The Kier molecular flexibility index (Phi) is 3.57. The van der Waals surface area contributed by atoms with Gasteiger partial charge in [0.2, 0.25) is 10.0 Å². The van der Waals surface area contributed by atoms with E-state index in [9.17, 15) is 13.5 Å². The average Bonchev–Trinajstić information content (AvgIpc) is 2.15. The molecule has 0 bridgehead atoms. The summed E-state index contributed by atoms with van der Waals surface area (Å²) in [5, 5.41) is 9.43. The van der Waals surface area contributed by atoms with E-state index < -0.39 is 15.6 Å². The second kappa shape index (κ2) is 4.40. The van der Waals surface area contributed by atoms with Gasteiger partial charge in [-0.15, -0.1) is 0 Å². The van der Waals surface area contributed by atoms with Crippen molar-refractivity contribution >= 4 is 15.7 Å². The number of anilines is 1. The van der Waals surface area contributed by atoms with E-state index in [4.69, 9.17) is 5.73 Å². The maximum atomic E-state index is 11.7. The lowest BCUT2D eigenvalue weighted by Crippen LogP contribution is -2.38. The Labute approximate surface area is 95.3 Å². The number of nitrogen functional groups attached to an aromatic ring is 1. The predicted molar refractivity (Wildman–Crippen MR) is 62.3 cm³/mol. The van der Waals surface area contributed by atoms with Crippen LogP contribution in [0.25, 0.3) is 0 Å². The molecule has 5 nitrogen and oxygen atoms in total. The van der Waals surface area contributed by atoms with Gasteiger partial charge in [0.25, 0.3) is 0 Å². The second-order valence-electron chi connectivity index (χ2n) is 4.21. The molecule has 6 heteroatoms. The molecule has 16 heavy (non-hydrogen) atoms. The molecular formula is C10H16N2O3S. The number of hydrogen-bond acceptors (Lipinski definition) is 4. The summed E-state index contributed by atoms with van der Waals surface area (Å²) >= 11 is 0. The molecule has 90 valence electrons. The minimum Gasteiger partial charge on any atom is -0.399 e. The van der Waals surface area contributed by atoms with Crippen LogP contribution >= 0.6 is 0 Å². The van der Waals surface area contributed by atoms with E-state index in [1.54, 1.807) is 0 Å². The first-order valence-corrected chi connectivity index (χ1v) is 6.27. The van der Waals surface area contributed by atoms with Gasteiger partial charge in [-0.3, -0.25) is 0 Å². The van der Waals surface area contributed by atoms with Gasteiger partial charge in [-0.2, -0.15) is 0 Å². The van der Waals surface area contributed by atoms with Gasteiger partial charge in [0, 0.05) is 12.2 Å². The third kappa shape index (κ3) is 3.80. The SMILES string of the molecule is CC(C)(O)CNS(=O)(=O)c1ccc(N)cc1. The van der Waals surface area contributed by atoms with Crippen molar-refractivity contribution < 1.29 is 13.5 Å². The van der Waals surface area contributed by atoms with Crippen molar-refractivity contribution in [1.82, 2.24) is 4.72 Å². The zero-order valence-corrected chi connectivity index (χ0v) is 10.1. The summed E-state index contributed by atoms with van der Waals surface area (Å²) in [7, 11) is -3.58. The minimum atomic E-state index is -3.58. The molecular weight excluding hydrogens is 228 g/mol. The van der Waals surface area contributed by atoms with Crippen LogP contribution in [-0.2, 0) is 10.0 Å². The fourth-order valence-electron chi connectivity index (χ4n) is 1.00. The highest BCUT2D eigenvalue weighted by molar-refractivity contribution is 7.89. The molecule has 0 unspecified atom stereocenters. The molecule has 0 radical (unpaired) electrons. The Morgan fingerprint density at radius 2 is 1.81 bits per heavy atom. The summed E-state index contributed by atoms with van der Waals surface area (Å²) in [5.41, 5.74) is 4.88. The Bertz CT molecular complexity index is 446. The fourth-order valence-corrected chi connectivity index (χ4v) is 2.21. The molecule has 0 spiro atoms. The molecule has 0 heterocycles. The van der Waals surface area contributed by atoms with Crippen molar-refractivity contribution in [2.45, 2.75) is 24.3 Å². The first kappa shape index (κ1) is 13.0. The quantitative estimate of drug-likeness (QED) is 0.665. The second-order valence-corrected chi connectivity index (χ2v) is 5.97. The lowest BCUT2D eigenvalue weighted by molar-refractivity contribution is 0.0857. The minimum absolute atomic E-state index is 0.0420. The Morgan fingerprint density at radius 1 is 1.31 bits per heavy atom. The van der Waals surface area contributed by atoms with Gasteiger partial charge in [0.15, 0.2) is 0 Å². The van der Waals surface area contributed by atoms with E-state index >= 15 is 0 Å². The van der Waals surface area contributed by atoms with Crippen molar-refractivity contribution in [2.24, 2.45) is 0 Å². The van der Waals surface area contributed by atoms with E-state index in [2.05, 4.69) is 4.72 Å². The molecule has 0 aliphatic rings. The van der Waals surface area contributed by atoms with Crippen molar-refractivity contribution in [1.29, 1.82) is 0 Å². The lowest BCUT2D eigenvalue weighted by Gasteiger charge is -2.17. The van der Waals surface area contributed by atoms with Crippen molar-refractivity contribution in [3.63, 3.8) is 0 Å². The molecule has 0 fully saturated rings. The lowest BCUT2D eigenvalue weighted by atomic mass is 10.1. The van der Waals surface area contributed by atoms with Crippen LogP contribution < -0.4 is 10.5 Å². The standard InChI is InChI=1S/C10H16N2O3S/c1-10(2,13)7-12-16(14,15)9-5-3-8(11)4-6-9/h3-6,12-13H,7,11H2,1-2H3. The first-order valence-electron chi connectivity index (χ1n) is 4.78. The van der Waals surface area contributed by atoms with Crippen LogP contribution in [0, 0.1) is 0 Å². The summed E-state index contributed by atoms with van der Waals surface area (Å²) < 4.78 is 25.8. The molecule has 1 aromatic carbocycles. The van der Waals surface area contributed by atoms with Crippen molar-refractivity contribution in [3.05, 3.63) is 24.3 Å². The van der Waals surface area contributed by atoms with Gasteiger partial charge >= 0.3 is 0 Å². The van der Waals surface area contributed by atoms with Crippen LogP contribution in [0.4, 0.5) is 5.69 Å². The molecule has 4 N–H and O–H groups in total. The molecule has 0 saturated heterocycles. The van der Waals surface area contributed by atoms with E-state index in [1.807, 2.05) is 0 Å². The van der Waals surface area contributed by atoms with Crippen LogP contribution in [0.2, 0.25) is 0 Å². The normalized spacial score (nSPS) is 12.7. The Hall–Kier alpha value is -1.11.